The number of hydrogen-bond acceptors (Lipinski definition) is 4. The molecule has 0 radical (unpaired) electrons. The molecule has 34 heavy (non-hydrogen) atoms. The number of sulfonamides is 1. The minimum Gasteiger partial charge on any atom is -0.354 e. The SMILES string of the molecule is Cc1cccc(N(CC(=O)N(Cc2ccc(Cl)cc2)C(C)C(=O)NCC(C)C)S(C)(=O)=O)c1C. The van der Waals surface area contributed by atoms with Crippen molar-refractivity contribution in [2.24, 2.45) is 5.92 Å². The molecule has 0 heterocycles. The van der Waals surface area contributed by atoms with Crippen molar-refractivity contribution in [3.05, 3.63) is 64.2 Å². The van der Waals surface area contributed by atoms with Gasteiger partial charge in [0.15, 0.2) is 0 Å². The number of nitrogens with zero attached hydrogens (tertiary/aromatic N) is 2. The summed E-state index contributed by atoms with van der Waals surface area (Å²) in [6, 6.07) is 11.5. The molecule has 9 heteroatoms. The fourth-order valence-electron chi connectivity index (χ4n) is 3.42. The summed E-state index contributed by atoms with van der Waals surface area (Å²) in [5.41, 5.74) is 2.91. The van der Waals surface area contributed by atoms with Crippen LogP contribution in [0.2, 0.25) is 5.02 Å². The molecule has 0 bridgehead atoms. The van der Waals surface area contributed by atoms with Gasteiger partial charge in [-0.1, -0.05) is 49.7 Å². The Hall–Kier alpha value is -2.58. The van der Waals surface area contributed by atoms with Gasteiger partial charge >= 0.3 is 0 Å². The Kier molecular flexibility index (Phi) is 9.53. The monoisotopic (exact) mass is 507 g/mol. The highest BCUT2D eigenvalue weighted by molar-refractivity contribution is 7.92. The van der Waals surface area contributed by atoms with Crippen LogP contribution in [-0.4, -0.2) is 50.5 Å². The summed E-state index contributed by atoms with van der Waals surface area (Å²) >= 11 is 5.99. The van der Waals surface area contributed by atoms with Crippen LogP contribution in [0.15, 0.2) is 42.5 Å². The highest BCUT2D eigenvalue weighted by Crippen LogP contribution is 2.25. The number of aryl methyl sites for hydroxylation is 1. The van der Waals surface area contributed by atoms with E-state index in [2.05, 4.69) is 5.32 Å². The lowest BCUT2D eigenvalue weighted by molar-refractivity contribution is -0.139. The van der Waals surface area contributed by atoms with Crippen LogP contribution in [0.4, 0.5) is 5.69 Å². The Bertz CT molecular complexity index is 1120. The van der Waals surface area contributed by atoms with Crippen LogP contribution in [0.25, 0.3) is 0 Å². The number of carbonyl (C=O) groups excluding carboxylic acids is 2. The number of hydrogen-bond donors (Lipinski definition) is 1. The molecule has 0 aromatic heterocycles. The van der Waals surface area contributed by atoms with Gasteiger partial charge in [0.2, 0.25) is 21.8 Å². The largest absolute Gasteiger partial charge is 0.354 e. The van der Waals surface area contributed by atoms with Crippen molar-refractivity contribution in [2.75, 3.05) is 23.7 Å². The molecule has 0 aliphatic carbocycles. The minimum absolute atomic E-state index is 0.136. The first-order chi connectivity index (χ1) is 15.8. The number of carbonyl (C=O) groups is 2. The van der Waals surface area contributed by atoms with Gasteiger partial charge in [-0.15, -0.1) is 0 Å². The number of anilines is 1. The highest BCUT2D eigenvalue weighted by Gasteiger charge is 2.30. The van der Waals surface area contributed by atoms with E-state index in [1.165, 1.54) is 4.90 Å². The van der Waals surface area contributed by atoms with Crippen molar-refractivity contribution >= 4 is 39.1 Å². The Morgan fingerprint density at radius 2 is 1.65 bits per heavy atom. The molecule has 0 aliphatic heterocycles. The van der Waals surface area contributed by atoms with Crippen molar-refractivity contribution in [3.8, 4) is 0 Å². The molecule has 0 aliphatic rings. The maximum absolute atomic E-state index is 13.5. The third-order valence-electron chi connectivity index (χ3n) is 5.64. The maximum Gasteiger partial charge on any atom is 0.244 e. The molecule has 2 aromatic carbocycles. The molecule has 0 saturated heterocycles. The average molecular weight is 508 g/mol. The molecule has 1 unspecified atom stereocenters. The summed E-state index contributed by atoms with van der Waals surface area (Å²) in [5.74, 6) is -0.524. The number of halogens is 1. The predicted molar refractivity (Wildman–Crippen MR) is 137 cm³/mol. The van der Waals surface area contributed by atoms with Gasteiger partial charge < -0.3 is 10.2 Å². The van der Waals surface area contributed by atoms with Gasteiger partial charge in [-0.05, 0) is 61.6 Å². The average Bonchev–Trinajstić information content (AvgIpc) is 2.76. The quantitative estimate of drug-likeness (QED) is 0.528. The zero-order valence-corrected chi connectivity index (χ0v) is 22.2. The number of nitrogens with one attached hydrogen (secondary N) is 1. The van der Waals surface area contributed by atoms with E-state index in [-0.39, 0.29) is 18.4 Å². The van der Waals surface area contributed by atoms with Gasteiger partial charge in [-0.2, -0.15) is 0 Å². The molecular weight excluding hydrogens is 474 g/mol. The molecule has 2 aromatic rings. The van der Waals surface area contributed by atoms with Crippen LogP contribution in [0, 0.1) is 19.8 Å². The highest BCUT2D eigenvalue weighted by atomic mass is 35.5. The van der Waals surface area contributed by atoms with E-state index in [4.69, 9.17) is 11.6 Å². The van der Waals surface area contributed by atoms with Gasteiger partial charge in [-0.3, -0.25) is 13.9 Å². The number of benzene rings is 2. The zero-order chi connectivity index (χ0) is 25.6. The first-order valence-electron chi connectivity index (χ1n) is 11.2. The Morgan fingerprint density at radius 3 is 2.21 bits per heavy atom. The zero-order valence-electron chi connectivity index (χ0n) is 20.6. The summed E-state index contributed by atoms with van der Waals surface area (Å²) in [5, 5.41) is 3.42. The second-order valence-electron chi connectivity index (χ2n) is 8.95. The molecule has 186 valence electrons. The molecule has 7 nitrogen and oxygen atoms in total. The molecule has 1 atom stereocenters. The van der Waals surface area contributed by atoms with Crippen molar-refractivity contribution in [1.82, 2.24) is 10.2 Å². The van der Waals surface area contributed by atoms with Gasteiger partial charge in [0.1, 0.15) is 12.6 Å². The molecule has 2 amide bonds. The second kappa shape index (κ2) is 11.7. The van der Waals surface area contributed by atoms with Crippen LogP contribution >= 0.6 is 11.6 Å². The lowest BCUT2D eigenvalue weighted by atomic mass is 10.1. The molecule has 1 N–H and O–H groups in total. The van der Waals surface area contributed by atoms with Crippen LogP contribution in [0.5, 0.6) is 0 Å². The van der Waals surface area contributed by atoms with Crippen molar-refractivity contribution in [2.45, 2.75) is 47.2 Å². The summed E-state index contributed by atoms with van der Waals surface area (Å²) < 4.78 is 26.5. The van der Waals surface area contributed by atoms with Crippen molar-refractivity contribution in [1.29, 1.82) is 0 Å². The molecule has 0 saturated carbocycles. The van der Waals surface area contributed by atoms with Gasteiger partial charge in [0.25, 0.3) is 0 Å². The third-order valence-corrected chi connectivity index (χ3v) is 7.02. The van der Waals surface area contributed by atoms with E-state index in [0.717, 1.165) is 27.3 Å². The van der Waals surface area contributed by atoms with Gasteiger partial charge in [0, 0.05) is 18.1 Å². The minimum atomic E-state index is -3.76. The van der Waals surface area contributed by atoms with E-state index in [0.29, 0.717) is 17.3 Å². The number of amides is 2. The Balaban J connectivity index is 2.40. The molecule has 0 fully saturated rings. The fourth-order valence-corrected chi connectivity index (χ4v) is 4.45. The van der Waals surface area contributed by atoms with Crippen LogP contribution < -0.4 is 9.62 Å². The standard InChI is InChI=1S/C25H34ClN3O4S/c1-17(2)14-27-25(31)20(5)28(15-21-10-12-22(26)13-11-21)24(30)16-29(34(6,32)33)23-9-7-8-18(3)19(23)4/h7-13,17,20H,14-16H2,1-6H3,(H,27,31). The number of rotatable bonds is 10. The first-order valence-corrected chi connectivity index (χ1v) is 13.4. The predicted octanol–water partition coefficient (Wildman–Crippen LogP) is 3.91. The van der Waals surface area contributed by atoms with Gasteiger partial charge in [0.05, 0.1) is 11.9 Å². The normalized spacial score (nSPS) is 12.4. The molecule has 0 spiro atoms. The van der Waals surface area contributed by atoms with E-state index in [1.54, 1.807) is 43.3 Å². The topological polar surface area (TPSA) is 86.8 Å². The first kappa shape index (κ1) is 27.7. The summed E-state index contributed by atoms with van der Waals surface area (Å²) in [4.78, 5) is 27.8. The maximum atomic E-state index is 13.5. The lowest BCUT2D eigenvalue weighted by Gasteiger charge is -2.32. The van der Waals surface area contributed by atoms with Crippen molar-refractivity contribution in [3.63, 3.8) is 0 Å². The Labute approximate surface area is 208 Å². The second-order valence-corrected chi connectivity index (χ2v) is 11.3. The summed E-state index contributed by atoms with van der Waals surface area (Å²) in [7, 11) is -3.76. The van der Waals surface area contributed by atoms with Crippen LogP contribution in [0.3, 0.4) is 0 Å². The van der Waals surface area contributed by atoms with Crippen molar-refractivity contribution < 1.29 is 18.0 Å². The summed E-state index contributed by atoms with van der Waals surface area (Å²) in [6.45, 7) is 9.51. The van der Waals surface area contributed by atoms with Crippen LogP contribution in [0.1, 0.15) is 37.5 Å². The van der Waals surface area contributed by atoms with Crippen LogP contribution in [-0.2, 0) is 26.2 Å². The molecule has 2 rings (SSSR count). The van der Waals surface area contributed by atoms with E-state index < -0.39 is 28.5 Å². The summed E-state index contributed by atoms with van der Waals surface area (Å²) in [6.07, 6.45) is 1.07. The van der Waals surface area contributed by atoms with E-state index in [9.17, 15) is 18.0 Å². The third kappa shape index (κ3) is 7.46. The Morgan fingerprint density at radius 1 is 1.03 bits per heavy atom. The van der Waals surface area contributed by atoms with E-state index in [1.807, 2.05) is 33.8 Å². The lowest BCUT2D eigenvalue weighted by Crippen LogP contribution is -2.51. The smallest absolute Gasteiger partial charge is 0.244 e. The fraction of sp³-hybridized carbons (Fsp3) is 0.440. The van der Waals surface area contributed by atoms with E-state index >= 15 is 0 Å². The molecular formula is C25H34ClN3O4S. The van der Waals surface area contributed by atoms with Gasteiger partial charge in [-0.25, -0.2) is 8.42 Å².